The molecule has 2 aromatic rings. The third-order valence-electron chi connectivity index (χ3n) is 3.58. The van der Waals surface area contributed by atoms with Crippen LogP contribution in [0.5, 0.6) is 0 Å². The highest BCUT2D eigenvalue weighted by Crippen LogP contribution is 2.39. The van der Waals surface area contributed by atoms with Gasteiger partial charge in [-0.2, -0.15) is 0 Å². The molecule has 0 aliphatic heterocycles. The van der Waals surface area contributed by atoms with E-state index >= 15 is 0 Å². The molecule has 100 valence electrons. The second-order valence-electron chi connectivity index (χ2n) is 4.98. The van der Waals surface area contributed by atoms with E-state index < -0.39 is 0 Å². The molecule has 4 heteroatoms. The number of aryl methyl sites for hydroxylation is 2. The Labute approximate surface area is 125 Å². The molecule has 1 aromatic carbocycles. The van der Waals surface area contributed by atoms with Gasteiger partial charge in [0.1, 0.15) is 5.82 Å². The van der Waals surface area contributed by atoms with Gasteiger partial charge in [0, 0.05) is 10.6 Å². The Morgan fingerprint density at radius 2 is 2.21 bits per heavy atom. The molecule has 1 aliphatic rings. The molecule has 1 aromatic heterocycles. The molecule has 19 heavy (non-hydrogen) atoms. The first-order valence-corrected chi connectivity index (χ1v) is 8.05. The quantitative estimate of drug-likeness (QED) is 0.767. The van der Waals surface area contributed by atoms with Crippen LogP contribution in [0.2, 0.25) is 0 Å². The maximum atomic E-state index is 13.3. The lowest BCUT2D eigenvalue weighted by atomic mass is 9.94. The normalized spacial score (nSPS) is 18.2. The van der Waals surface area contributed by atoms with Crippen molar-refractivity contribution in [1.29, 1.82) is 0 Å². The zero-order valence-electron chi connectivity index (χ0n) is 10.7. The van der Waals surface area contributed by atoms with Crippen molar-refractivity contribution in [3.8, 4) is 0 Å². The van der Waals surface area contributed by atoms with Gasteiger partial charge in [0.25, 0.3) is 0 Å². The number of hydrogen-bond donors (Lipinski definition) is 1. The minimum absolute atomic E-state index is 0.145. The fourth-order valence-electron chi connectivity index (χ4n) is 2.61. The highest BCUT2D eigenvalue weighted by molar-refractivity contribution is 9.11. The molecule has 0 saturated heterocycles. The molecule has 0 fully saturated rings. The molecule has 0 amide bonds. The van der Waals surface area contributed by atoms with Crippen LogP contribution in [-0.4, -0.2) is 0 Å². The molecule has 1 N–H and O–H groups in total. The summed E-state index contributed by atoms with van der Waals surface area (Å²) in [5, 5.41) is 3.54. The van der Waals surface area contributed by atoms with Crippen LogP contribution in [-0.2, 0) is 6.42 Å². The van der Waals surface area contributed by atoms with Gasteiger partial charge in [0.15, 0.2) is 0 Å². The zero-order valence-corrected chi connectivity index (χ0v) is 13.1. The lowest BCUT2D eigenvalue weighted by Crippen LogP contribution is -2.15. The van der Waals surface area contributed by atoms with E-state index in [4.69, 9.17) is 0 Å². The minimum atomic E-state index is -0.145. The Balaban J connectivity index is 1.86. The Kier molecular flexibility index (Phi) is 3.63. The van der Waals surface area contributed by atoms with Crippen LogP contribution in [0, 0.1) is 12.7 Å². The van der Waals surface area contributed by atoms with E-state index in [1.807, 2.05) is 23.5 Å². The molecular formula is C15H15BrFNS. The number of halogens is 2. The Morgan fingerprint density at radius 1 is 1.37 bits per heavy atom. The van der Waals surface area contributed by atoms with Gasteiger partial charge < -0.3 is 5.32 Å². The molecule has 1 unspecified atom stereocenters. The van der Waals surface area contributed by atoms with Crippen LogP contribution in [0.25, 0.3) is 0 Å². The monoisotopic (exact) mass is 339 g/mol. The first kappa shape index (κ1) is 13.1. The summed E-state index contributed by atoms with van der Waals surface area (Å²) >= 11 is 5.39. The Hall–Kier alpha value is -0.870. The Morgan fingerprint density at radius 3 is 3.00 bits per heavy atom. The molecule has 1 nitrogen and oxygen atoms in total. The number of fused-ring (bicyclic) bond motifs is 1. The van der Waals surface area contributed by atoms with Gasteiger partial charge in [-0.25, -0.2) is 4.39 Å². The maximum Gasteiger partial charge on any atom is 0.126 e. The van der Waals surface area contributed by atoms with Crippen molar-refractivity contribution in [3.63, 3.8) is 0 Å². The van der Waals surface area contributed by atoms with Crippen LogP contribution in [0.3, 0.4) is 0 Å². The first-order chi connectivity index (χ1) is 9.13. The molecule has 0 spiro atoms. The summed E-state index contributed by atoms with van der Waals surface area (Å²) in [6, 6.07) is 7.79. The molecule has 1 heterocycles. The number of thiophene rings is 1. The summed E-state index contributed by atoms with van der Waals surface area (Å²) in [6.45, 7) is 1.80. The standard InChI is InChI=1S/C15H15BrFNS/c1-9-7-10(5-6-12(9)17)18-13-3-2-4-14-11(13)8-15(16)19-14/h5-8,13,18H,2-4H2,1H3. The summed E-state index contributed by atoms with van der Waals surface area (Å²) in [4.78, 5) is 1.47. The van der Waals surface area contributed by atoms with E-state index in [0.717, 1.165) is 12.1 Å². The fourth-order valence-corrected chi connectivity index (χ4v) is 4.43. The summed E-state index contributed by atoms with van der Waals surface area (Å²) in [7, 11) is 0. The number of rotatable bonds is 2. The van der Waals surface area contributed by atoms with E-state index in [2.05, 4.69) is 27.3 Å². The maximum absolute atomic E-state index is 13.3. The van der Waals surface area contributed by atoms with Gasteiger partial charge in [-0.15, -0.1) is 11.3 Å². The molecule has 1 aliphatic carbocycles. The molecule has 1 atom stereocenters. The lowest BCUT2D eigenvalue weighted by Gasteiger charge is -2.24. The SMILES string of the molecule is Cc1cc(NC2CCCc3sc(Br)cc32)ccc1F. The molecule has 0 radical (unpaired) electrons. The third kappa shape index (κ3) is 2.70. The lowest BCUT2D eigenvalue weighted by molar-refractivity contribution is 0.606. The van der Waals surface area contributed by atoms with Gasteiger partial charge >= 0.3 is 0 Å². The van der Waals surface area contributed by atoms with Gasteiger partial charge in [0.2, 0.25) is 0 Å². The second-order valence-corrected chi connectivity index (χ2v) is 7.50. The van der Waals surface area contributed by atoms with Crippen molar-refractivity contribution < 1.29 is 4.39 Å². The Bertz CT molecular complexity index is 608. The van der Waals surface area contributed by atoms with Crippen LogP contribution in [0.15, 0.2) is 28.1 Å². The number of hydrogen-bond acceptors (Lipinski definition) is 2. The van der Waals surface area contributed by atoms with Crippen LogP contribution in [0.4, 0.5) is 10.1 Å². The number of benzene rings is 1. The van der Waals surface area contributed by atoms with Crippen molar-refractivity contribution in [2.45, 2.75) is 32.2 Å². The molecular weight excluding hydrogens is 325 g/mol. The average molecular weight is 340 g/mol. The summed E-state index contributed by atoms with van der Waals surface area (Å²) in [6.07, 6.45) is 3.51. The van der Waals surface area contributed by atoms with E-state index in [1.54, 1.807) is 6.92 Å². The summed E-state index contributed by atoms with van der Waals surface area (Å²) < 4.78 is 14.5. The highest BCUT2D eigenvalue weighted by Gasteiger charge is 2.22. The smallest absolute Gasteiger partial charge is 0.126 e. The fraction of sp³-hybridized carbons (Fsp3) is 0.333. The zero-order chi connectivity index (χ0) is 13.4. The number of anilines is 1. The predicted octanol–water partition coefficient (Wildman–Crippen LogP) is 5.45. The minimum Gasteiger partial charge on any atom is -0.378 e. The summed E-state index contributed by atoms with van der Waals surface area (Å²) in [5.41, 5.74) is 3.08. The van der Waals surface area contributed by atoms with Crippen molar-refractivity contribution in [3.05, 3.63) is 49.9 Å². The average Bonchev–Trinajstić information content (AvgIpc) is 2.75. The largest absolute Gasteiger partial charge is 0.378 e. The van der Waals surface area contributed by atoms with Crippen molar-refractivity contribution in [1.82, 2.24) is 0 Å². The predicted molar refractivity (Wildman–Crippen MR) is 82.5 cm³/mol. The van der Waals surface area contributed by atoms with Crippen molar-refractivity contribution >= 4 is 33.0 Å². The van der Waals surface area contributed by atoms with Gasteiger partial charge in [-0.1, -0.05) is 0 Å². The van der Waals surface area contributed by atoms with Crippen LogP contribution < -0.4 is 5.32 Å². The van der Waals surface area contributed by atoms with Crippen molar-refractivity contribution in [2.24, 2.45) is 0 Å². The van der Waals surface area contributed by atoms with Gasteiger partial charge in [-0.3, -0.25) is 0 Å². The van der Waals surface area contributed by atoms with E-state index in [-0.39, 0.29) is 5.82 Å². The third-order valence-corrected chi connectivity index (χ3v) is 5.30. The first-order valence-electron chi connectivity index (χ1n) is 6.44. The van der Waals surface area contributed by atoms with Gasteiger partial charge in [0.05, 0.1) is 9.83 Å². The number of nitrogens with one attached hydrogen (secondary N) is 1. The van der Waals surface area contributed by atoms with E-state index in [1.165, 1.54) is 33.1 Å². The van der Waals surface area contributed by atoms with Crippen LogP contribution >= 0.6 is 27.3 Å². The van der Waals surface area contributed by atoms with E-state index in [0.29, 0.717) is 11.6 Å². The molecule has 0 saturated carbocycles. The van der Waals surface area contributed by atoms with Gasteiger partial charge in [-0.05, 0) is 77.5 Å². The summed E-state index contributed by atoms with van der Waals surface area (Å²) in [5.74, 6) is -0.145. The second kappa shape index (κ2) is 5.25. The molecule has 0 bridgehead atoms. The topological polar surface area (TPSA) is 12.0 Å². The van der Waals surface area contributed by atoms with E-state index in [9.17, 15) is 4.39 Å². The van der Waals surface area contributed by atoms with Crippen LogP contribution in [0.1, 0.15) is 34.9 Å². The highest BCUT2D eigenvalue weighted by atomic mass is 79.9. The molecule has 3 rings (SSSR count). The van der Waals surface area contributed by atoms with Crippen molar-refractivity contribution in [2.75, 3.05) is 5.32 Å².